The maximum absolute atomic E-state index is 2.52. The predicted octanol–water partition coefficient (Wildman–Crippen LogP) is 5.11. The molecular formula is C18H26. The lowest BCUT2D eigenvalue weighted by Crippen LogP contribution is -2.25. The fraction of sp³-hybridized carbons (Fsp3) is 0.667. The lowest BCUT2D eigenvalue weighted by Gasteiger charge is -2.34. The number of benzene rings is 1. The van der Waals surface area contributed by atoms with Gasteiger partial charge in [-0.25, -0.2) is 0 Å². The highest BCUT2D eigenvalue weighted by atomic mass is 14.6. The minimum atomic E-state index is 0.748. The van der Waals surface area contributed by atoms with Crippen molar-refractivity contribution in [1.29, 1.82) is 0 Å². The summed E-state index contributed by atoms with van der Waals surface area (Å²) >= 11 is 0. The average Bonchev–Trinajstić information content (AvgIpc) is 2.91. The van der Waals surface area contributed by atoms with Gasteiger partial charge in [0.25, 0.3) is 0 Å². The van der Waals surface area contributed by atoms with Gasteiger partial charge in [0.05, 0.1) is 0 Å². The zero-order chi connectivity index (χ0) is 12.7. The van der Waals surface area contributed by atoms with Crippen LogP contribution >= 0.6 is 0 Å². The molecule has 1 aromatic carbocycles. The van der Waals surface area contributed by atoms with E-state index < -0.39 is 0 Å². The van der Waals surface area contributed by atoms with Gasteiger partial charge in [-0.1, -0.05) is 57.5 Å². The topological polar surface area (TPSA) is 0 Å². The smallest absolute Gasteiger partial charge is 0.0159 e. The maximum Gasteiger partial charge on any atom is -0.0159 e. The molecule has 0 amide bonds. The monoisotopic (exact) mass is 242 g/mol. The Labute approximate surface area is 112 Å². The van der Waals surface area contributed by atoms with Crippen molar-refractivity contribution in [3.63, 3.8) is 0 Å². The van der Waals surface area contributed by atoms with Crippen LogP contribution in [0.1, 0.15) is 51.5 Å². The van der Waals surface area contributed by atoms with Gasteiger partial charge in [0.2, 0.25) is 0 Å². The third-order valence-corrected chi connectivity index (χ3v) is 6.06. The molecule has 0 spiro atoms. The van der Waals surface area contributed by atoms with Gasteiger partial charge >= 0.3 is 0 Å². The van der Waals surface area contributed by atoms with Gasteiger partial charge in [-0.05, 0) is 53.9 Å². The van der Waals surface area contributed by atoms with Gasteiger partial charge in [0.15, 0.2) is 0 Å². The maximum atomic E-state index is 2.52. The van der Waals surface area contributed by atoms with E-state index in [1.165, 1.54) is 19.3 Å². The molecule has 1 aromatic rings. The van der Waals surface area contributed by atoms with E-state index in [0.29, 0.717) is 0 Å². The van der Waals surface area contributed by atoms with E-state index in [1.54, 1.807) is 5.56 Å². The average molecular weight is 242 g/mol. The quantitative estimate of drug-likeness (QED) is 0.691. The summed E-state index contributed by atoms with van der Waals surface area (Å²) in [5, 5.41) is 0. The van der Waals surface area contributed by atoms with Crippen molar-refractivity contribution in [3.05, 3.63) is 35.9 Å². The van der Waals surface area contributed by atoms with Crippen LogP contribution in [0.3, 0.4) is 0 Å². The standard InChI is InChI=1S/C18H26/c1-4-14-10-16-11-17(18(14)13(16)3)12(2)15-8-6-5-7-9-15/h5-9,12-14,16-18H,4,10-11H2,1-3H3/t12-,13?,14?,16?,17?,18?/m0/s1. The molecule has 3 rings (SSSR count). The lowest BCUT2D eigenvalue weighted by atomic mass is 9.71. The third-order valence-electron chi connectivity index (χ3n) is 6.06. The van der Waals surface area contributed by atoms with Crippen LogP contribution in [0.5, 0.6) is 0 Å². The minimum absolute atomic E-state index is 0.748. The van der Waals surface area contributed by atoms with Crippen molar-refractivity contribution < 1.29 is 0 Å². The summed E-state index contributed by atoms with van der Waals surface area (Å²) in [6, 6.07) is 11.2. The molecule has 0 aliphatic heterocycles. The first-order chi connectivity index (χ1) is 8.72. The highest BCUT2D eigenvalue weighted by molar-refractivity contribution is 5.21. The molecule has 0 N–H and O–H groups in total. The van der Waals surface area contributed by atoms with Crippen LogP contribution in [0.4, 0.5) is 0 Å². The van der Waals surface area contributed by atoms with Gasteiger partial charge in [0.1, 0.15) is 0 Å². The van der Waals surface area contributed by atoms with Crippen LogP contribution in [0, 0.1) is 29.6 Å². The van der Waals surface area contributed by atoms with Gasteiger partial charge in [-0.15, -0.1) is 0 Å². The summed E-state index contributed by atoms with van der Waals surface area (Å²) in [6.07, 6.45) is 4.39. The molecule has 2 saturated carbocycles. The molecule has 0 aromatic heterocycles. The van der Waals surface area contributed by atoms with Gasteiger partial charge in [-0.3, -0.25) is 0 Å². The molecule has 18 heavy (non-hydrogen) atoms. The molecular weight excluding hydrogens is 216 g/mol. The van der Waals surface area contributed by atoms with Gasteiger partial charge in [-0.2, -0.15) is 0 Å². The Hall–Kier alpha value is -0.780. The Morgan fingerprint density at radius 2 is 1.89 bits per heavy atom. The number of rotatable bonds is 3. The minimum Gasteiger partial charge on any atom is -0.0651 e. The van der Waals surface area contributed by atoms with Gasteiger partial charge < -0.3 is 0 Å². The first-order valence-corrected chi connectivity index (χ1v) is 7.77. The first kappa shape index (κ1) is 12.3. The molecule has 5 unspecified atom stereocenters. The normalized spacial score (nSPS) is 40.1. The summed E-state index contributed by atoms with van der Waals surface area (Å²) in [5.74, 6) is 5.69. The fourth-order valence-electron chi connectivity index (χ4n) is 5.04. The molecule has 0 nitrogen and oxygen atoms in total. The Bertz CT molecular complexity index is 394. The summed E-state index contributed by atoms with van der Waals surface area (Å²) in [7, 11) is 0. The van der Waals surface area contributed by atoms with Crippen LogP contribution in [0.2, 0.25) is 0 Å². The van der Waals surface area contributed by atoms with Crippen LogP contribution in [-0.2, 0) is 0 Å². The van der Waals surface area contributed by atoms with Crippen molar-refractivity contribution in [3.8, 4) is 0 Å². The van der Waals surface area contributed by atoms with Crippen molar-refractivity contribution in [2.24, 2.45) is 29.6 Å². The molecule has 2 bridgehead atoms. The van der Waals surface area contributed by atoms with E-state index in [-0.39, 0.29) is 0 Å². The van der Waals surface area contributed by atoms with Crippen LogP contribution in [0.15, 0.2) is 30.3 Å². The van der Waals surface area contributed by atoms with Crippen molar-refractivity contribution in [2.45, 2.75) is 46.0 Å². The Kier molecular flexibility index (Phi) is 3.21. The van der Waals surface area contributed by atoms with Crippen molar-refractivity contribution in [1.82, 2.24) is 0 Å². The molecule has 98 valence electrons. The fourth-order valence-corrected chi connectivity index (χ4v) is 5.04. The molecule has 0 heteroatoms. The Morgan fingerprint density at radius 1 is 1.17 bits per heavy atom. The van der Waals surface area contributed by atoms with Crippen LogP contribution in [0.25, 0.3) is 0 Å². The number of hydrogen-bond acceptors (Lipinski definition) is 0. The van der Waals surface area contributed by atoms with E-state index in [2.05, 4.69) is 51.1 Å². The first-order valence-electron chi connectivity index (χ1n) is 7.77. The van der Waals surface area contributed by atoms with Gasteiger partial charge in [0, 0.05) is 0 Å². The molecule has 2 aliphatic carbocycles. The zero-order valence-electron chi connectivity index (χ0n) is 12.0. The van der Waals surface area contributed by atoms with Crippen molar-refractivity contribution >= 4 is 0 Å². The second kappa shape index (κ2) is 4.72. The van der Waals surface area contributed by atoms with E-state index in [0.717, 1.165) is 35.5 Å². The predicted molar refractivity (Wildman–Crippen MR) is 77.5 cm³/mol. The second-order valence-electron chi connectivity index (χ2n) is 6.70. The summed E-state index contributed by atoms with van der Waals surface area (Å²) in [5.41, 5.74) is 1.55. The summed E-state index contributed by atoms with van der Waals surface area (Å²) in [6.45, 7) is 7.37. The molecule has 2 aliphatic rings. The zero-order valence-corrected chi connectivity index (χ0v) is 12.0. The van der Waals surface area contributed by atoms with E-state index >= 15 is 0 Å². The molecule has 0 radical (unpaired) electrons. The Balaban J connectivity index is 1.82. The largest absolute Gasteiger partial charge is 0.0651 e. The van der Waals surface area contributed by atoms with E-state index in [1.807, 2.05) is 0 Å². The van der Waals surface area contributed by atoms with Crippen molar-refractivity contribution in [2.75, 3.05) is 0 Å². The molecule has 0 heterocycles. The SMILES string of the molecule is CCC1CC2CC([C@@H](C)c3ccccc3)C1C2C. The van der Waals surface area contributed by atoms with Crippen LogP contribution < -0.4 is 0 Å². The molecule has 6 atom stereocenters. The van der Waals surface area contributed by atoms with E-state index in [4.69, 9.17) is 0 Å². The number of hydrogen-bond donors (Lipinski definition) is 0. The Morgan fingerprint density at radius 3 is 2.50 bits per heavy atom. The lowest BCUT2D eigenvalue weighted by molar-refractivity contribution is 0.197. The highest BCUT2D eigenvalue weighted by Gasteiger charge is 2.51. The van der Waals surface area contributed by atoms with E-state index in [9.17, 15) is 0 Å². The molecule has 0 saturated heterocycles. The summed E-state index contributed by atoms with van der Waals surface area (Å²) < 4.78 is 0. The molecule has 2 fully saturated rings. The second-order valence-corrected chi connectivity index (χ2v) is 6.70. The summed E-state index contributed by atoms with van der Waals surface area (Å²) in [4.78, 5) is 0. The number of fused-ring (bicyclic) bond motifs is 2. The highest BCUT2D eigenvalue weighted by Crippen LogP contribution is 2.59. The third kappa shape index (κ3) is 1.81. The van der Waals surface area contributed by atoms with Crippen LogP contribution in [-0.4, -0.2) is 0 Å².